The van der Waals surface area contributed by atoms with Crippen LogP contribution in [0.15, 0.2) is 29.1 Å². The van der Waals surface area contributed by atoms with Gasteiger partial charge in [0.15, 0.2) is 5.78 Å². The van der Waals surface area contributed by atoms with Crippen LogP contribution in [0.4, 0.5) is 0 Å². The van der Waals surface area contributed by atoms with Gasteiger partial charge in [0, 0.05) is 12.4 Å². The van der Waals surface area contributed by atoms with Gasteiger partial charge >= 0.3 is 5.97 Å². The average Bonchev–Trinajstić information content (AvgIpc) is 2.45. The van der Waals surface area contributed by atoms with E-state index >= 15 is 0 Å². The van der Waals surface area contributed by atoms with Gasteiger partial charge in [0.2, 0.25) is 0 Å². The van der Waals surface area contributed by atoms with Crippen molar-refractivity contribution < 1.29 is 19.4 Å². The summed E-state index contributed by atoms with van der Waals surface area (Å²) < 4.78 is 5.95. The Hall–Kier alpha value is -2.63. The predicted octanol–water partition coefficient (Wildman–Crippen LogP) is 1.38. The van der Waals surface area contributed by atoms with Crippen molar-refractivity contribution in [1.29, 1.82) is 0 Å². The van der Waals surface area contributed by atoms with Crippen molar-refractivity contribution in [2.45, 2.75) is 13.3 Å². The average molecular weight is 289 g/mol. The first-order valence-corrected chi connectivity index (χ1v) is 6.46. The first-order valence-electron chi connectivity index (χ1n) is 6.46. The summed E-state index contributed by atoms with van der Waals surface area (Å²) in [6, 6.07) is 6.68. The number of ketones is 1. The van der Waals surface area contributed by atoms with E-state index in [0.717, 1.165) is 0 Å². The molecule has 0 aliphatic heterocycles. The van der Waals surface area contributed by atoms with Crippen molar-refractivity contribution in [3.63, 3.8) is 0 Å². The number of hydrogen-bond donors (Lipinski definition) is 1. The molecule has 1 aromatic carbocycles. The Morgan fingerprint density at radius 2 is 1.95 bits per heavy atom. The fourth-order valence-corrected chi connectivity index (χ4v) is 2.16. The second kappa shape index (κ2) is 5.78. The number of aromatic nitrogens is 1. The third kappa shape index (κ3) is 2.65. The number of Topliss-reactive ketones (excluding diaryl/α,β-unsaturated/α-hetero) is 1. The van der Waals surface area contributed by atoms with Crippen LogP contribution < -0.4 is 5.56 Å². The Bertz CT molecular complexity index is 775. The number of esters is 1. The number of carbonyl (C=O) groups excluding carboxylic acids is 2. The second-order valence-electron chi connectivity index (χ2n) is 4.51. The number of ether oxygens (including phenoxy) is 1. The van der Waals surface area contributed by atoms with Crippen LogP contribution in [0.5, 0.6) is 5.75 Å². The molecule has 21 heavy (non-hydrogen) atoms. The summed E-state index contributed by atoms with van der Waals surface area (Å²) in [5, 5.41) is 10.6. The number of carbonyl (C=O) groups is 2. The minimum absolute atomic E-state index is 0.147. The van der Waals surface area contributed by atoms with Gasteiger partial charge in [0.05, 0.1) is 12.1 Å². The van der Waals surface area contributed by atoms with E-state index in [-0.39, 0.29) is 12.2 Å². The molecular weight excluding hydrogens is 274 g/mol. The molecule has 1 heterocycles. The summed E-state index contributed by atoms with van der Waals surface area (Å²) in [7, 11) is 1.51. The number of aromatic hydroxyl groups is 1. The topological polar surface area (TPSA) is 85.6 Å². The van der Waals surface area contributed by atoms with Gasteiger partial charge in [-0.2, -0.15) is 0 Å². The fraction of sp³-hybridized carbons (Fsp3) is 0.267. The zero-order chi connectivity index (χ0) is 15.6. The Kier molecular flexibility index (Phi) is 4.07. The number of nitrogens with zero attached hydrogens (tertiary/aromatic N) is 1. The molecule has 6 nitrogen and oxygen atoms in total. The number of aryl methyl sites for hydroxylation is 1. The van der Waals surface area contributed by atoms with E-state index in [2.05, 4.69) is 4.74 Å². The second-order valence-corrected chi connectivity index (χ2v) is 4.51. The summed E-state index contributed by atoms with van der Waals surface area (Å²) in [6.45, 7) is 1.77. The van der Waals surface area contributed by atoms with Gasteiger partial charge in [-0.3, -0.25) is 14.4 Å². The molecule has 0 aliphatic carbocycles. The van der Waals surface area contributed by atoms with E-state index in [1.54, 1.807) is 31.2 Å². The molecular formula is C15H15NO5. The molecule has 0 radical (unpaired) electrons. The molecule has 6 heteroatoms. The normalized spacial score (nSPS) is 10.6. The maximum absolute atomic E-state index is 12.2. The minimum atomic E-state index is -0.752. The first-order chi connectivity index (χ1) is 9.97. The predicted molar refractivity (Wildman–Crippen MR) is 76.4 cm³/mol. The zero-order valence-corrected chi connectivity index (χ0v) is 11.8. The maximum Gasteiger partial charge on any atom is 0.313 e. The Morgan fingerprint density at radius 3 is 2.62 bits per heavy atom. The molecule has 2 aromatic rings. The van der Waals surface area contributed by atoms with Crippen molar-refractivity contribution in [2.75, 3.05) is 6.61 Å². The Morgan fingerprint density at radius 1 is 1.29 bits per heavy atom. The van der Waals surface area contributed by atoms with E-state index < -0.39 is 29.5 Å². The number of pyridine rings is 1. The summed E-state index contributed by atoms with van der Waals surface area (Å²) in [6.07, 6.45) is -0.574. The van der Waals surface area contributed by atoms with Crippen LogP contribution in [-0.4, -0.2) is 28.0 Å². The lowest BCUT2D eigenvalue weighted by atomic mass is 10.0. The standard InChI is InChI=1S/C15H15NO5/c1-3-21-12(18)8-11(17)13-14(19)9-6-4-5-7-10(9)16(2)15(13)20/h4-7,19H,3,8H2,1-2H3. The lowest BCUT2D eigenvalue weighted by Crippen LogP contribution is -2.26. The van der Waals surface area contributed by atoms with Gasteiger partial charge in [-0.25, -0.2) is 0 Å². The molecule has 110 valence electrons. The molecule has 0 fully saturated rings. The van der Waals surface area contributed by atoms with Crippen molar-refractivity contribution in [3.8, 4) is 5.75 Å². The van der Waals surface area contributed by atoms with E-state index in [1.807, 2.05) is 0 Å². The van der Waals surface area contributed by atoms with Crippen molar-refractivity contribution >= 4 is 22.7 Å². The molecule has 0 aliphatic rings. The number of para-hydroxylation sites is 1. The SMILES string of the molecule is CCOC(=O)CC(=O)c1c(O)c2ccccc2n(C)c1=O. The molecule has 0 unspecified atom stereocenters. The lowest BCUT2D eigenvalue weighted by molar-refractivity contribution is -0.141. The molecule has 0 saturated heterocycles. The summed E-state index contributed by atoms with van der Waals surface area (Å²) in [4.78, 5) is 35.7. The van der Waals surface area contributed by atoms with Crippen LogP contribution in [0.3, 0.4) is 0 Å². The van der Waals surface area contributed by atoms with Crippen LogP contribution in [0.25, 0.3) is 10.9 Å². The van der Waals surface area contributed by atoms with Gasteiger partial charge in [0.1, 0.15) is 17.7 Å². The number of hydrogen-bond acceptors (Lipinski definition) is 5. The van der Waals surface area contributed by atoms with Crippen LogP contribution in [0, 0.1) is 0 Å². The Labute approximate surface area is 120 Å². The van der Waals surface area contributed by atoms with E-state index in [4.69, 9.17) is 0 Å². The molecule has 2 rings (SSSR count). The highest BCUT2D eigenvalue weighted by atomic mass is 16.5. The first kappa shape index (κ1) is 14.8. The lowest BCUT2D eigenvalue weighted by Gasteiger charge is -2.10. The number of fused-ring (bicyclic) bond motifs is 1. The van der Waals surface area contributed by atoms with Crippen molar-refractivity contribution in [2.24, 2.45) is 7.05 Å². The number of benzene rings is 1. The largest absolute Gasteiger partial charge is 0.506 e. The molecule has 0 saturated carbocycles. The molecule has 0 atom stereocenters. The van der Waals surface area contributed by atoms with Gasteiger partial charge in [-0.05, 0) is 19.1 Å². The third-order valence-electron chi connectivity index (χ3n) is 3.16. The highest BCUT2D eigenvalue weighted by Crippen LogP contribution is 2.26. The quantitative estimate of drug-likeness (QED) is 0.522. The molecule has 1 N–H and O–H groups in total. The summed E-state index contributed by atoms with van der Waals surface area (Å²) in [5.74, 6) is -1.88. The van der Waals surface area contributed by atoms with E-state index in [1.165, 1.54) is 11.6 Å². The van der Waals surface area contributed by atoms with Crippen LogP contribution in [0.2, 0.25) is 0 Å². The van der Waals surface area contributed by atoms with Crippen LogP contribution in [0.1, 0.15) is 23.7 Å². The fourth-order valence-electron chi connectivity index (χ4n) is 2.16. The zero-order valence-electron chi connectivity index (χ0n) is 11.8. The Balaban J connectivity index is 2.57. The van der Waals surface area contributed by atoms with E-state index in [0.29, 0.717) is 10.9 Å². The summed E-state index contributed by atoms with van der Waals surface area (Å²) >= 11 is 0. The third-order valence-corrected chi connectivity index (χ3v) is 3.16. The number of rotatable bonds is 4. The molecule has 0 bridgehead atoms. The van der Waals surface area contributed by atoms with Gasteiger partial charge in [-0.15, -0.1) is 0 Å². The minimum Gasteiger partial charge on any atom is -0.506 e. The van der Waals surface area contributed by atoms with Gasteiger partial charge in [0.25, 0.3) is 5.56 Å². The van der Waals surface area contributed by atoms with Gasteiger partial charge < -0.3 is 14.4 Å². The van der Waals surface area contributed by atoms with Gasteiger partial charge in [-0.1, -0.05) is 12.1 Å². The monoisotopic (exact) mass is 289 g/mol. The van der Waals surface area contributed by atoms with E-state index in [9.17, 15) is 19.5 Å². The van der Waals surface area contributed by atoms with Crippen molar-refractivity contribution in [1.82, 2.24) is 4.57 Å². The summed E-state index contributed by atoms with van der Waals surface area (Å²) in [5.41, 5.74) is -0.516. The van der Waals surface area contributed by atoms with Crippen LogP contribution in [-0.2, 0) is 16.6 Å². The van der Waals surface area contributed by atoms with Crippen molar-refractivity contribution in [3.05, 3.63) is 40.2 Å². The van der Waals surface area contributed by atoms with Crippen LogP contribution >= 0.6 is 0 Å². The maximum atomic E-state index is 12.2. The molecule has 0 amide bonds. The highest BCUT2D eigenvalue weighted by Gasteiger charge is 2.23. The highest BCUT2D eigenvalue weighted by molar-refractivity contribution is 6.09. The molecule has 0 spiro atoms. The molecule has 1 aromatic heterocycles. The smallest absolute Gasteiger partial charge is 0.313 e.